The highest BCUT2D eigenvalue weighted by Gasteiger charge is 2.34. The van der Waals surface area contributed by atoms with Gasteiger partial charge < -0.3 is 19.1 Å². The highest BCUT2D eigenvalue weighted by atomic mass is 16.5. The lowest BCUT2D eigenvalue weighted by molar-refractivity contribution is -0.126. The molecule has 6 heteroatoms. The van der Waals surface area contributed by atoms with Crippen LogP contribution < -0.4 is 14.4 Å². The van der Waals surface area contributed by atoms with E-state index in [0.29, 0.717) is 29.6 Å². The van der Waals surface area contributed by atoms with Gasteiger partial charge >= 0.3 is 5.97 Å². The molecule has 0 saturated heterocycles. The van der Waals surface area contributed by atoms with Crippen LogP contribution in [-0.2, 0) is 16.0 Å². The van der Waals surface area contributed by atoms with Gasteiger partial charge in [-0.05, 0) is 56.0 Å². The summed E-state index contributed by atoms with van der Waals surface area (Å²) in [6, 6.07) is 12.7. The molecule has 1 aliphatic rings. The Morgan fingerprint density at radius 1 is 1.10 bits per heavy atom. The van der Waals surface area contributed by atoms with Crippen LogP contribution >= 0.6 is 0 Å². The van der Waals surface area contributed by atoms with Crippen LogP contribution in [0.15, 0.2) is 42.5 Å². The molecule has 0 spiro atoms. The molecule has 1 amide bonds. The lowest BCUT2D eigenvalue weighted by Crippen LogP contribution is -2.43. The van der Waals surface area contributed by atoms with E-state index in [1.165, 1.54) is 7.11 Å². The third kappa shape index (κ3) is 4.58. The van der Waals surface area contributed by atoms with Gasteiger partial charge in [-0.3, -0.25) is 4.79 Å². The zero-order chi connectivity index (χ0) is 21.8. The van der Waals surface area contributed by atoms with E-state index in [9.17, 15) is 9.59 Å². The molecule has 3 rings (SSSR count). The quantitative estimate of drug-likeness (QED) is 0.637. The van der Waals surface area contributed by atoms with Crippen molar-refractivity contribution in [3.05, 3.63) is 53.6 Å². The summed E-state index contributed by atoms with van der Waals surface area (Å²) in [7, 11) is 1.52. The Bertz CT molecular complexity index is 924. The van der Waals surface area contributed by atoms with E-state index in [0.717, 1.165) is 17.7 Å². The van der Waals surface area contributed by atoms with Crippen LogP contribution in [0.25, 0.3) is 0 Å². The van der Waals surface area contributed by atoms with Crippen molar-refractivity contribution in [3.63, 3.8) is 0 Å². The number of fused-ring (bicyclic) bond motifs is 1. The van der Waals surface area contributed by atoms with Crippen molar-refractivity contribution in [2.75, 3.05) is 18.6 Å². The maximum atomic E-state index is 13.0. The summed E-state index contributed by atoms with van der Waals surface area (Å²) in [6.07, 6.45) is -0.119. The van der Waals surface area contributed by atoms with Crippen LogP contribution in [0.1, 0.15) is 43.6 Å². The first-order valence-corrected chi connectivity index (χ1v) is 10.2. The minimum atomic E-state index is -0.908. The first-order valence-electron chi connectivity index (χ1n) is 10.2. The first kappa shape index (κ1) is 21.7. The highest BCUT2D eigenvalue weighted by molar-refractivity contribution is 6.01. The summed E-state index contributed by atoms with van der Waals surface area (Å²) in [5.41, 5.74) is 2.31. The number of rotatable bonds is 7. The lowest BCUT2D eigenvalue weighted by Gasteiger charge is -2.26. The van der Waals surface area contributed by atoms with Crippen LogP contribution in [0, 0.1) is 5.92 Å². The maximum absolute atomic E-state index is 13.0. The normalized spacial score (nSPS) is 16.2. The van der Waals surface area contributed by atoms with Crippen LogP contribution in [0.2, 0.25) is 0 Å². The van der Waals surface area contributed by atoms with Gasteiger partial charge in [-0.15, -0.1) is 0 Å². The van der Waals surface area contributed by atoms with Crippen molar-refractivity contribution >= 4 is 17.6 Å². The molecule has 0 radical (unpaired) electrons. The van der Waals surface area contributed by atoms with Crippen molar-refractivity contribution in [1.82, 2.24) is 0 Å². The number of methoxy groups -OCH3 is 1. The van der Waals surface area contributed by atoms with Crippen LogP contribution in [-0.4, -0.2) is 37.7 Å². The Hall–Kier alpha value is -3.02. The minimum absolute atomic E-state index is 0.0218. The number of para-hydroxylation sites is 1. The highest BCUT2D eigenvalue weighted by Crippen LogP contribution is 2.33. The number of esters is 1. The Balaban J connectivity index is 1.70. The molecule has 30 heavy (non-hydrogen) atoms. The molecule has 1 aliphatic heterocycles. The summed E-state index contributed by atoms with van der Waals surface area (Å²) >= 11 is 0. The predicted molar refractivity (Wildman–Crippen MR) is 115 cm³/mol. The molecule has 0 bridgehead atoms. The molecule has 0 aromatic heterocycles. The van der Waals surface area contributed by atoms with Crippen molar-refractivity contribution in [1.29, 1.82) is 0 Å². The Morgan fingerprint density at radius 2 is 1.83 bits per heavy atom. The van der Waals surface area contributed by atoms with Gasteiger partial charge in [0.05, 0.1) is 19.3 Å². The molecule has 1 heterocycles. The lowest BCUT2D eigenvalue weighted by atomic mass is 10.1. The number of ether oxygens (including phenoxy) is 3. The second kappa shape index (κ2) is 9.20. The summed E-state index contributed by atoms with van der Waals surface area (Å²) in [5.74, 6) is 0.569. The van der Waals surface area contributed by atoms with Crippen LogP contribution in [0.3, 0.4) is 0 Å². The smallest absolute Gasteiger partial charge is 0.339 e. The molecule has 2 atom stereocenters. The number of nitrogens with zero attached hydrogens (tertiary/aromatic N) is 1. The van der Waals surface area contributed by atoms with Gasteiger partial charge in [0, 0.05) is 11.7 Å². The van der Waals surface area contributed by atoms with E-state index in [2.05, 4.69) is 13.8 Å². The number of hydrogen-bond donors (Lipinski definition) is 0. The fraction of sp³-hybridized carbons (Fsp3) is 0.417. The topological polar surface area (TPSA) is 65.1 Å². The number of benzene rings is 2. The van der Waals surface area contributed by atoms with Gasteiger partial charge in [-0.2, -0.15) is 0 Å². The fourth-order valence-corrected chi connectivity index (χ4v) is 3.55. The third-order valence-electron chi connectivity index (χ3n) is 5.05. The number of amides is 1. The summed E-state index contributed by atoms with van der Waals surface area (Å²) in [5, 5.41) is 0. The van der Waals surface area contributed by atoms with Gasteiger partial charge in [-0.1, -0.05) is 32.0 Å². The average molecular weight is 411 g/mol. The molecular weight excluding hydrogens is 382 g/mol. The first-order chi connectivity index (χ1) is 14.3. The second-order valence-corrected chi connectivity index (χ2v) is 8.01. The van der Waals surface area contributed by atoms with Gasteiger partial charge in [0.2, 0.25) is 0 Å². The number of carbonyl (C=O) groups excluding carboxylic acids is 2. The molecule has 2 aromatic rings. The zero-order valence-corrected chi connectivity index (χ0v) is 18.2. The molecular formula is C24H29NO5. The van der Waals surface area contributed by atoms with Crippen molar-refractivity contribution in [2.45, 2.75) is 46.3 Å². The summed E-state index contributed by atoms with van der Waals surface area (Å²) < 4.78 is 16.6. The van der Waals surface area contributed by atoms with E-state index in [1.54, 1.807) is 30.0 Å². The molecule has 160 valence electrons. The predicted octanol–water partition coefficient (Wildman–Crippen LogP) is 4.25. The Morgan fingerprint density at radius 3 is 2.53 bits per heavy atom. The van der Waals surface area contributed by atoms with E-state index >= 15 is 0 Å². The molecule has 0 fully saturated rings. The van der Waals surface area contributed by atoms with Crippen molar-refractivity contribution in [2.24, 2.45) is 5.92 Å². The molecule has 0 aliphatic carbocycles. The standard InChI is InChI=1S/C24H29NO5/c1-15(2)14-29-21-11-10-19(13-22(21)28-5)24(27)30-17(4)23(26)25-16(3)12-18-8-6-7-9-20(18)25/h6-11,13,15-17H,12,14H2,1-5H3/t16-,17+/m1/s1. The van der Waals surface area contributed by atoms with Crippen LogP contribution in [0.4, 0.5) is 5.69 Å². The van der Waals surface area contributed by atoms with E-state index in [1.807, 2.05) is 31.2 Å². The average Bonchev–Trinajstić information content (AvgIpc) is 3.06. The molecule has 0 unspecified atom stereocenters. The van der Waals surface area contributed by atoms with E-state index in [-0.39, 0.29) is 11.9 Å². The van der Waals surface area contributed by atoms with Gasteiger partial charge in [0.15, 0.2) is 17.6 Å². The van der Waals surface area contributed by atoms with Crippen LogP contribution in [0.5, 0.6) is 11.5 Å². The second-order valence-electron chi connectivity index (χ2n) is 8.01. The van der Waals surface area contributed by atoms with Gasteiger partial charge in [0.25, 0.3) is 5.91 Å². The summed E-state index contributed by atoms with van der Waals surface area (Å²) in [4.78, 5) is 27.4. The molecule has 6 nitrogen and oxygen atoms in total. The van der Waals surface area contributed by atoms with Crippen molar-refractivity contribution in [3.8, 4) is 11.5 Å². The minimum Gasteiger partial charge on any atom is -0.493 e. The Kier molecular flexibility index (Phi) is 6.65. The monoisotopic (exact) mass is 411 g/mol. The number of carbonyl (C=O) groups is 2. The Labute approximate surface area is 177 Å². The van der Waals surface area contributed by atoms with E-state index in [4.69, 9.17) is 14.2 Å². The van der Waals surface area contributed by atoms with Crippen molar-refractivity contribution < 1.29 is 23.8 Å². The largest absolute Gasteiger partial charge is 0.493 e. The summed E-state index contributed by atoms with van der Waals surface area (Å²) in [6.45, 7) is 8.24. The number of anilines is 1. The SMILES string of the molecule is COc1cc(C(=O)O[C@@H](C)C(=O)N2c3ccccc3C[C@H]2C)ccc1OCC(C)C. The molecule has 0 saturated carbocycles. The molecule has 2 aromatic carbocycles. The third-order valence-corrected chi connectivity index (χ3v) is 5.05. The van der Waals surface area contributed by atoms with Gasteiger partial charge in [0.1, 0.15) is 0 Å². The maximum Gasteiger partial charge on any atom is 0.339 e. The molecule has 0 N–H and O–H groups in total. The van der Waals surface area contributed by atoms with Gasteiger partial charge in [-0.25, -0.2) is 4.79 Å². The fourth-order valence-electron chi connectivity index (χ4n) is 3.55. The van der Waals surface area contributed by atoms with E-state index < -0.39 is 12.1 Å². The zero-order valence-electron chi connectivity index (χ0n) is 18.2. The number of hydrogen-bond acceptors (Lipinski definition) is 5.